The summed E-state index contributed by atoms with van der Waals surface area (Å²) in [5, 5.41) is 39.2. The molecule has 0 amide bonds. The predicted molar refractivity (Wildman–Crippen MR) is 136 cm³/mol. The number of carboxylic acid groups (broad SMARTS) is 2. The summed E-state index contributed by atoms with van der Waals surface area (Å²) >= 11 is 0. The van der Waals surface area contributed by atoms with Gasteiger partial charge in [-0.3, -0.25) is 10.6 Å². The van der Waals surface area contributed by atoms with Crippen molar-refractivity contribution in [2.24, 2.45) is 0 Å². The van der Waals surface area contributed by atoms with E-state index in [0.717, 1.165) is 0 Å². The Balaban J connectivity index is 0.000000193. The molecule has 8 nitrogen and oxygen atoms in total. The zero-order valence-corrected chi connectivity index (χ0v) is 19.9. The van der Waals surface area contributed by atoms with E-state index in [0.29, 0.717) is 25.2 Å². The van der Waals surface area contributed by atoms with Crippen LogP contribution in [0.3, 0.4) is 0 Å². The average Bonchev–Trinajstić information content (AvgIpc) is 3.50. The highest BCUT2D eigenvalue weighted by Gasteiger charge is 2.29. The van der Waals surface area contributed by atoms with E-state index in [9.17, 15) is 9.59 Å². The molecule has 190 valence electrons. The van der Waals surface area contributed by atoms with Gasteiger partial charge in [-0.05, 0) is 47.9 Å². The van der Waals surface area contributed by atoms with Crippen LogP contribution < -0.4 is 10.6 Å². The Labute approximate surface area is 211 Å². The monoisotopic (exact) mass is 492 g/mol. The Morgan fingerprint density at radius 1 is 0.778 bits per heavy atom. The van der Waals surface area contributed by atoms with Crippen LogP contribution in [0.25, 0.3) is 0 Å². The lowest BCUT2D eigenvalue weighted by atomic mass is 10.1. The minimum atomic E-state index is -2.27. The van der Waals surface area contributed by atoms with Crippen LogP contribution in [0.1, 0.15) is 47.2 Å². The van der Waals surface area contributed by atoms with Gasteiger partial charge < -0.3 is 20.4 Å². The van der Waals surface area contributed by atoms with Gasteiger partial charge >= 0.3 is 11.9 Å². The first-order valence-corrected chi connectivity index (χ1v) is 11.6. The molecule has 4 rings (SSSR count). The molecule has 0 bridgehead atoms. The number of aryl methyl sites for hydroxylation is 2. The molecule has 0 radical (unpaired) electrons. The van der Waals surface area contributed by atoms with Crippen LogP contribution >= 0.6 is 0 Å². The molecule has 0 saturated heterocycles. The number of terminal acetylenes is 2. The van der Waals surface area contributed by atoms with Gasteiger partial charge in [0, 0.05) is 12.1 Å². The number of aliphatic hydroxyl groups excluding tert-OH is 2. The molecule has 2 aliphatic rings. The zero-order chi connectivity index (χ0) is 26.5. The van der Waals surface area contributed by atoms with E-state index in [4.69, 9.17) is 33.3 Å². The van der Waals surface area contributed by atoms with Crippen LogP contribution in [0.4, 0.5) is 0 Å². The molecular formula is C28H32N2O6. The standard InChI is InChI=1S/2C12H13N.C4H6O6/c2*1-2-9-13-12-8-7-10-5-3-4-6-11(10)12;5-1(3(7)8)2(6)4(9)10/h2*1,3-6,12-13H,7-9H2;1-2,5-6H,(H,7,8)(H,9,10)/t2*12-;/m11./s1. The van der Waals surface area contributed by atoms with E-state index >= 15 is 0 Å². The number of rotatable bonds is 7. The SMILES string of the molecule is C#CCN[C@@H]1CCc2ccccc21.C#CCN[C@@H]1CCc2ccccc21.O=C(O)C(O)C(O)C(=O)O. The summed E-state index contributed by atoms with van der Waals surface area (Å²) in [5.41, 5.74) is 5.80. The number of benzene rings is 2. The van der Waals surface area contributed by atoms with Gasteiger partial charge in [0.05, 0.1) is 13.1 Å². The third kappa shape index (κ3) is 8.23. The van der Waals surface area contributed by atoms with Crippen LogP contribution in [0, 0.1) is 24.7 Å². The van der Waals surface area contributed by atoms with Gasteiger partial charge in [-0.2, -0.15) is 0 Å². The van der Waals surface area contributed by atoms with E-state index < -0.39 is 24.1 Å². The van der Waals surface area contributed by atoms with Gasteiger partial charge in [0.1, 0.15) is 0 Å². The first-order valence-electron chi connectivity index (χ1n) is 11.6. The maximum absolute atomic E-state index is 9.77. The normalized spacial score (nSPS) is 18.4. The minimum absolute atomic E-state index is 0.479. The van der Waals surface area contributed by atoms with Crippen molar-refractivity contribution in [2.75, 3.05) is 13.1 Å². The molecule has 8 heteroatoms. The zero-order valence-electron chi connectivity index (χ0n) is 19.9. The van der Waals surface area contributed by atoms with Gasteiger partial charge in [0.15, 0.2) is 12.2 Å². The van der Waals surface area contributed by atoms with Gasteiger partial charge in [-0.1, -0.05) is 60.4 Å². The fourth-order valence-electron chi connectivity index (χ4n) is 4.17. The molecule has 2 aliphatic carbocycles. The summed E-state index contributed by atoms with van der Waals surface area (Å²) < 4.78 is 0. The summed E-state index contributed by atoms with van der Waals surface area (Å²) in [7, 11) is 0. The van der Waals surface area contributed by atoms with Crippen molar-refractivity contribution in [3.63, 3.8) is 0 Å². The lowest BCUT2D eigenvalue weighted by molar-refractivity contribution is -0.165. The van der Waals surface area contributed by atoms with E-state index in [1.807, 2.05) is 0 Å². The van der Waals surface area contributed by atoms with E-state index in [2.05, 4.69) is 71.0 Å². The molecule has 36 heavy (non-hydrogen) atoms. The number of hydrogen-bond donors (Lipinski definition) is 6. The second-order valence-electron chi connectivity index (χ2n) is 8.32. The highest BCUT2D eigenvalue weighted by atomic mass is 16.4. The molecule has 4 atom stereocenters. The second-order valence-corrected chi connectivity index (χ2v) is 8.32. The van der Waals surface area contributed by atoms with Crippen LogP contribution in [0.2, 0.25) is 0 Å². The van der Waals surface area contributed by atoms with Crippen molar-refractivity contribution in [1.29, 1.82) is 0 Å². The third-order valence-corrected chi connectivity index (χ3v) is 5.97. The van der Waals surface area contributed by atoms with E-state index in [-0.39, 0.29) is 0 Å². The number of carbonyl (C=O) groups is 2. The molecule has 0 aromatic heterocycles. The average molecular weight is 493 g/mol. The van der Waals surface area contributed by atoms with Crippen molar-refractivity contribution in [3.05, 3.63) is 70.8 Å². The number of nitrogens with one attached hydrogen (secondary N) is 2. The van der Waals surface area contributed by atoms with Crippen LogP contribution in [-0.4, -0.2) is 57.7 Å². The van der Waals surface area contributed by atoms with Crippen molar-refractivity contribution >= 4 is 11.9 Å². The van der Waals surface area contributed by atoms with E-state index in [1.54, 1.807) is 0 Å². The van der Waals surface area contributed by atoms with Crippen molar-refractivity contribution in [2.45, 2.75) is 50.0 Å². The minimum Gasteiger partial charge on any atom is -0.479 e. The molecule has 0 fully saturated rings. The smallest absolute Gasteiger partial charge is 0.335 e. The molecule has 0 heterocycles. The summed E-state index contributed by atoms with van der Waals surface area (Å²) in [6, 6.07) is 18.1. The van der Waals surface area contributed by atoms with Crippen LogP contribution in [0.15, 0.2) is 48.5 Å². The maximum atomic E-state index is 9.77. The first kappa shape index (κ1) is 28.6. The van der Waals surface area contributed by atoms with Gasteiger partial charge in [0.25, 0.3) is 0 Å². The van der Waals surface area contributed by atoms with Crippen molar-refractivity contribution < 1.29 is 30.0 Å². The van der Waals surface area contributed by atoms with Gasteiger partial charge in [-0.15, -0.1) is 12.8 Å². The van der Waals surface area contributed by atoms with Crippen molar-refractivity contribution in [3.8, 4) is 24.7 Å². The predicted octanol–water partition coefficient (Wildman–Crippen LogP) is 1.67. The number of hydrogen-bond acceptors (Lipinski definition) is 6. The highest BCUT2D eigenvalue weighted by molar-refractivity contribution is 5.83. The fraction of sp³-hybridized carbons (Fsp3) is 0.357. The van der Waals surface area contributed by atoms with Gasteiger partial charge in [-0.25, -0.2) is 9.59 Å². The molecule has 2 unspecified atom stereocenters. The quantitative estimate of drug-likeness (QED) is 0.321. The number of fused-ring (bicyclic) bond motifs is 2. The number of aliphatic carboxylic acids is 2. The molecule has 6 N–H and O–H groups in total. The topological polar surface area (TPSA) is 139 Å². The Kier molecular flexibility index (Phi) is 11.6. The number of aliphatic hydroxyl groups is 2. The highest BCUT2D eigenvalue weighted by Crippen LogP contribution is 2.31. The largest absolute Gasteiger partial charge is 0.479 e. The molecule has 0 saturated carbocycles. The molecule has 2 aromatic rings. The van der Waals surface area contributed by atoms with Crippen LogP contribution in [0.5, 0.6) is 0 Å². The number of carboxylic acids is 2. The molecular weight excluding hydrogens is 460 g/mol. The Morgan fingerprint density at radius 2 is 1.14 bits per heavy atom. The second kappa shape index (κ2) is 14.7. The Hall–Kier alpha value is -3.66. The Bertz CT molecular complexity index is 1020. The molecule has 0 aliphatic heterocycles. The summed E-state index contributed by atoms with van der Waals surface area (Å²) in [4.78, 5) is 19.5. The molecule has 0 spiro atoms. The van der Waals surface area contributed by atoms with E-state index in [1.165, 1.54) is 47.9 Å². The van der Waals surface area contributed by atoms with Crippen LogP contribution in [-0.2, 0) is 22.4 Å². The summed E-state index contributed by atoms with van der Waals surface area (Å²) in [6.07, 6.45) is 10.6. The third-order valence-electron chi connectivity index (χ3n) is 5.97. The fourth-order valence-corrected chi connectivity index (χ4v) is 4.17. The maximum Gasteiger partial charge on any atom is 0.335 e. The summed E-state index contributed by atoms with van der Waals surface area (Å²) in [6.45, 7) is 1.33. The first-order chi connectivity index (χ1) is 17.3. The Morgan fingerprint density at radius 3 is 1.47 bits per heavy atom. The molecule has 2 aromatic carbocycles. The lowest BCUT2D eigenvalue weighted by Crippen LogP contribution is -2.39. The van der Waals surface area contributed by atoms with Gasteiger partial charge in [0.2, 0.25) is 0 Å². The lowest BCUT2D eigenvalue weighted by Gasteiger charge is -2.10. The summed E-state index contributed by atoms with van der Waals surface area (Å²) in [5.74, 6) is 1.69. The van der Waals surface area contributed by atoms with Crippen molar-refractivity contribution in [1.82, 2.24) is 10.6 Å².